The Morgan fingerprint density at radius 3 is 2.18 bits per heavy atom. The van der Waals surface area contributed by atoms with Gasteiger partial charge in [-0.1, -0.05) is 56.3 Å². The van der Waals surface area contributed by atoms with Gasteiger partial charge in [0.2, 0.25) is 0 Å². The van der Waals surface area contributed by atoms with Crippen LogP contribution in [0.3, 0.4) is 0 Å². The van der Waals surface area contributed by atoms with Crippen LogP contribution in [0, 0.1) is 17.8 Å². The van der Waals surface area contributed by atoms with Crippen molar-refractivity contribution in [3.63, 3.8) is 0 Å². The van der Waals surface area contributed by atoms with Gasteiger partial charge in [0.1, 0.15) is 24.4 Å². The first kappa shape index (κ1) is 44.2. The highest BCUT2D eigenvalue weighted by Gasteiger charge is 2.66. The van der Waals surface area contributed by atoms with Gasteiger partial charge in [-0.25, -0.2) is 0 Å². The average Bonchev–Trinajstić information content (AvgIpc) is 3.52. The molecule has 0 aromatic heterocycles. The third-order valence-electron chi connectivity index (χ3n) is 11.6. The average molecular weight is 803 g/mol. The summed E-state index contributed by atoms with van der Waals surface area (Å²) in [4.78, 5) is 22.6. The smallest absolute Gasteiger partial charge is 0.311 e. The molecule has 13 heteroatoms. The van der Waals surface area contributed by atoms with Crippen molar-refractivity contribution in [2.24, 2.45) is 22.9 Å². The van der Waals surface area contributed by atoms with Crippen LogP contribution in [0.1, 0.15) is 73.3 Å². The third kappa shape index (κ3) is 9.85. The molecule has 0 saturated carbocycles. The zero-order chi connectivity index (χ0) is 40.7. The number of fused-ring (bicyclic) bond motifs is 2. The van der Waals surface area contributed by atoms with E-state index in [4.69, 9.17) is 37.4 Å². The molecular formula is C42H70N2O9Si2. The van der Waals surface area contributed by atoms with Crippen LogP contribution in [0.15, 0.2) is 47.1 Å². The normalized spacial score (nSPS) is 40.1. The van der Waals surface area contributed by atoms with Crippen LogP contribution < -0.4 is 0 Å². The molecule has 11 nitrogen and oxygen atoms in total. The third-order valence-corrected chi connectivity index (χ3v) is 13.5. The highest BCUT2D eigenvalue weighted by Crippen LogP contribution is 2.57. The van der Waals surface area contributed by atoms with Crippen molar-refractivity contribution in [2.45, 2.75) is 167 Å². The maximum Gasteiger partial charge on any atom is 0.311 e. The van der Waals surface area contributed by atoms with Crippen molar-refractivity contribution < 1.29 is 42.2 Å². The standard InChI is InChI=1S/C42H70N2O9Si2/c1-16-34-40(6)24-32(26-46-43-25-31-20-18-17-19-21-31)42(52-40)27(2)23-41(7,53-42)37(29(4)35(50-54(10,11)12)30(5)38(45)48-34)49-39-36(51-55(13,14)15)33(44(8)9)22-28(3)47-39/h17-21,24-25,27-30,33-37,39H,16,22-23,26H2,1-15H3/b43-25-/t27-,28-,29+,30-,33+,34-,35+,36-,37-,39+,40?,41-,42?/m1/s1. The van der Waals surface area contributed by atoms with Gasteiger partial charge in [0.25, 0.3) is 0 Å². The summed E-state index contributed by atoms with van der Waals surface area (Å²) in [5.41, 5.74) is -0.185. The van der Waals surface area contributed by atoms with Crippen molar-refractivity contribution in [3.05, 3.63) is 47.5 Å². The molecule has 0 N–H and O–H groups in total. The van der Waals surface area contributed by atoms with E-state index in [0.717, 1.165) is 17.6 Å². The van der Waals surface area contributed by atoms with Gasteiger partial charge in [0.15, 0.2) is 28.7 Å². The van der Waals surface area contributed by atoms with Crippen LogP contribution in [0.2, 0.25) is 39.3 Å². The molecule has 3 fully saturated rings. The summed E-state index contributed by atoms with van der Waals surface area (Å²) in [6.45, 7) is 27.6. The van der Waals surface area contributed by atoms with Crippen molar-refractivity contribution in [2.75, 3.05) is 20.7 Å². The Kier molecular flexibility index (Phi) is 13.4. The molecule has 4 aliphatic heterocycles. The van der Waals surface area contributed by atoms with Crippen LogP contribution in [-0.2, 0) is 42.2 Å². The number of likely N-dealkylation sites (N-methyl/N-ethyl adjacent to an activating group) is 1. The molecule has 1 aromatic rings. The number of hydrogen-bond donors (Lipinski definition) is 0. The molecule has 13 atom stereocenters. The summed E-state index contributed by atoms with van der Waals surface area (Å²) in [7, 11) is -0.0894. The summed E-state index contributed by atoms with van der Waals surface area (Å²) in [5, 5.41) is 4.32. The van der Waals surface area contributed by atoms with E-state index in [-0.39, 0.29) is 42.7 Å². The molecule has 0 aliphatic carbocycles. The monoisotopic (exact) mass is 802 g/mol. The minimum Gasteiger partial charge on any atom is -0.459 e. The number of rotatable bonds is 12. The van der Waals surface area contributed by atoms with Gasteiger partial charge in [0, 0.05) is 23.5 Å². The van der Waals surface area contributed by atoms with E-state index in [2.05, 4.69) is 91.1 Å². The summed E-state index contributed by atoms with van der Waals surface area (Å²) in [6, 6.07) is 9.89. The zero-order valence-corrected chi connectivity index (χ0v) is 38.2. The molecule has 4 aliphatic rings. The fraction of sp³-hybridized carbons (Fsp3) is 0.762. The zero-order valence-electron chi connectivity index (χ0n) is 36.2. The lowest BCUT2D eigenvalue weighted by Gasteiger charge is -2.50. The topological polar surface area (TPSA) is 107 Å². The molecular weight excluding hydrogens is 733 g/mol. The minimum absolute atomic E-state index is 0.0699. The number of oxime groups is 1. The maximum atomic E-state index is 14.3. The quantitative estimate of drug-likeness (QED) is 0.0685. The van der Waals surface area contributed by atoms with E-state index < -0.39 is 64.1 Å². The lowest BCUT2D eigenvalue weighted by Crippen LogP contribution is -2.62. The number of carbonyl (C=O) groups is 1. The van der Waals surface area contributed by atoms with E-state index in [1.165, 1.54) is 0 Å². The van der Waals surface area contributed by atoms with Gasteiger partial charge < -0.3 is 42.3 Å². The Morgan fingerprint density at radius 2 is 1.58 bits per heavy atom. The summed E-state index contributed by atoms with van der Waals surface area (Å²) in [5.74, 6) is -2.60. The second-order valence-electron chi connectivity index (χ2n) is 19.1. The number of carbonyl (C=O) groups excluding carboxylic acids is 1. The summed E-state index contributed by atoms with van der Waals surface area (Å²) < 4.78 is 49.1. The van der Waals surface area contributed by atoms with Gasteiger partial charge in [0.05, 0.1) is 36.0 Å². The summed E-state index contributed by atoms with van der Waals surface area (Å²) in [6.07, 6.45) is 2.86. The molecule has 310 valence electrons. The van der Waals surface area contributed by atoms with Crippen molar-refractivity contribution in [3.8, 4) is 0 Å². The SMILES string of the molecule is CC[C@H]1OC(=O)[C@H](C)[C@@H](O[Si](C)(C)C)[C@H](C)[C@@H](O[C@@H]2O[C@H](C)C[C@H](N(C)C)[C@H]2O[Si](C)(C)C)[C@@]2(C)C[C@@H](C)C3(OC1(C)C=C3CO/N=C\c1ccccc1)O2. The first-order valence-corrected chi connectivity index (χ1v) is 27.2. The molecule has 55 heavy (non-hydrogen) atoms. The van der Waals surface area contributed by atoms with E-state index in [1.54, 1.807) is 6.21 Å². The van der Waals surface area contributed by atoms with E-state index in [9.17, 15) is 4.79 Å². The van der Waals surface area contributed by atoms with Gasteiger partial charge in [-0.15, -0.1) is 0 Å². The number of hydrogen-bond acceptors (Lipinski definition) is 11. The maximum absolute atomic E-state index is 14.3. The van der Waals surface area contributed by atoms with E-state index in [0.29, 0.717) is 12.8 Å². The Labute approximate surface area is 333 Å². The lowest BCUT2D eigenvalue weighted by molar-refractivity contribution is -0.326. The van der Waals surface area contributed by atoms with Crippen molar-refractivity contribution >= 4 is 28.8 Å². The van der Waals surface area contributed by atoms with Gasteiger partial charge >= 0.3 is 5.97 Å². The Hall–Kier alpha value is -1.95. The van der Waals surface area contributed by atoms with Crippen LogP contribution in [-0.4, -0.2) is 114 Å². The van der Waals surface area contributed by atoms with E-state index in [1.807, 2.05) is 57.2 Å². The second kappa shape index (κ2) is 16.7. The molecule has 3 bridgehead atoms. The number of ether oxygens (including phenoxy) is 5. The first-order chi connectivity index (χ1) is 25.5. The number of cyclic esters (lactones) is 1. The Balaban J connectivity index is 1.62. The number of esters is 1. The highest BCUT2D eigenvalue weighted by atomic mass is 28.4. The minimum atomic E-state index is -2.21. The Bertz CT molecular complexity index is 1530. The molecule has 1 aromatic carbocycles. The van der Waals surface area contributed by atoms with Crippen LogP contribution in [0.25, 0.3) is 0 Å². The lowest BCUT2D eigenvalue weighted by atomic mass is 9.78. The molecule has 0 radical (unpaired) electrons. The van der Waals surface area contributed by atoms with Crippen LogP contribution >= 0.6 is 0 Å². The highest BCUT2D eigenvalue weighted by molar-refractivity contribution is 6.70. The molecule has 1 spiro atoms. The van der Waals surface area contributed by atoms with Crippen LogP contribution in [0.4, 0.5) is 0 Å². The fourth-order valence-corrected chi connectivity index (χ4v) is 11.5. The Morgan fingerprint density at radius 1 is 0.945 bits per heavy atom. The summed E-state index contributed by atoms with van der Waals surface area (Å²) >= 11 is 0. The number of benzene rings is 1. The predicted octanol–water partition coefficient (Wildman–Crippen LogP) is 7.76. The second-order valence-corrected chi connectivity index (χ2v) is 28.0. The number of nitrogens with zero attached hydrogens (tertiary/aromatic N) is 2. The molecule has 3 saturated heterocycles. The van der Waals surface area contributed by atoms with Crippen molar-refractivity contribution in [1.82, 2.24) is 4.90 Å². The van der Waals surface area contributed by atoms with Gasteiger partial charge in [-0.2, -0.15) is 0 Å². The predicted molar refractivity (Wildman–Crippen MR) is 220 cm³/mol. The van der Waals surface area contributed by atoms with Gasteiger partial charge in [-0.3, -0.25) is 4.79 Å². The first-order valence-electron chi connectivity index (χ1n) is 20.4. The molecule has 4 heterocycles. The van der Waals surface area contributed by atoms with Crippen molar-refractivity contribution in [1.29, 1.82) is 0 Å². The largest absolute Gasteiger partial charge is 0.459 e. The van der Waals surface area contributed by atoms with Crippen LogP contribution in [0.5, 0.6) is 0 Å². The molecule has 2 unspecified atom stereocenters. The van der Waals surface area contributed by atoms with E-state index >= 15 is 0 Å². The fourth-order valence-electron chi connectivity index (χ4n) is 9.20. The van der Waals surface area contributed by atoms with Gasteiger partial charge in [-0.05, 0) is 112 Å². The molecule has 0 amide bonds. The molecule has 5 rings (SSSR count).